The topological polar surface area (TPSA) is 15.7 Å². The number of likely N-dealkylation sites (N-methyl/N-ethyl adjacent to an activating group) is 1. The lowest BCUT2D eigenvalue weighted by Crippen LogP contribution is -2.22. The molecular formula is C15H22N2O. The van der Waals surface area contributed by atoms with Gasteiger partial charge in [0.05, 0.1) is 6.10 Å². The minimum atomic E-state index is 0.435. The molecule has 3 nitrogen and oxygen atoms in total. The van der Waals surface area contributed by atoms with Crippen molar-refractivity contribution in [3.8, 4) is 0 Å². The summed E-state index contributed by atoms with van der Waals surface area (Å²) in [5, 5.41) is 0. The predicted octanol–water partition coefficient (Wildman–Crippen LogP) is 1.90. The van der Waals surface area contributed by atoms with Crippen LogP contribution in [0.1, 0.15) is 17.5 Å². The fourth-order valence-electron chi connectivity index (χ4n) is 3.19. The van der Waals surface area contributed by atoms with Crippen LogP contribution in [0.2, 0.25) is 0 Å². The highest BCUT2D eigenvalue weighted by atomic mass is 16.5. The van der Waals surface area contributed by atoms with E-state index >= 15 is 0 Å². The monoisotopic (exact) mass is 246 g/mol. The van der Waals surface area contributed by atoms with E-state index in [9.17, 15) is 0 Å². The van der Waals surface area contributed by atoms with Gasteiger partial charge < -0.3 is 9.64 Å². The Hall–Kier alpha value is -1.06. The van der Waals surface area contributed by atoms with Crippen LogP contribution >= 0.6 is 0 Å². The maximum absolute atomic E-state index is 5.44. The summed E-state index contributed by atoms with van der Waals surface area (Å²) in [6.07, 6.45) is 2.80. The summed E-state index contributed by atoms with van der Waals surface area (Å²) in [5.41, 5.74) is 4.49. The summed E-state index contributed by atoms with van der Waals surface area (Å²) >= 11 is 0. The molecule has 3 heteroatoms. The zero-order valence-electron chi connectivity index (χ0n) is 11.4. The van der Waals surface area contributed by atoms with Gasteiger partial charge in [-0.2, -0.15) is 0 Å². The van der Waals surface area contributed by atoms with Crippen LogP contribution in [0, 0.1) is 0 Å². The van der Waals surface area contributed by atoms with Gasteiger partial charge in [0.15, 0.2) is 0 Å². The lowest BCUT2D eigenvalue weighted by molar-refractivity contribution is 0.107. The van der Waals surface area contributed by atoms with Gasteiger partial charge in [0.25, 0.3) is 0 Å². The lowest BCUT2D eigenvalue weighted by atomic mass is 10.0. The highest BCUT2D eigenvalue weighted by Gasteiger charge is 2.24. The van der Waals surface area contributed by atoms with E-state index in [1.54, 1.807) is 5.56 Å². The van der Waals surface area contributed by atoms with Gasteiger partial charge in [-0.25, -0.2) is 0 Å². The van der Waals surface area contributed by atoms with E-state index in [1.807, 2.05) is 7.11 Å². The molecule has 0 aromatic heterocycles. The number of likely N-dealkylation sites (tertiary alicyclic amines) is 1. The standard InChI is InChI=1S/C15H22N2O/c1-16-8-7-14-12(4-3-5-15(14)16)10-17-9-6-13(11-17)18-2/h3-5,13H,6-11H2,1-2H3/t13-/m1/s1. The van der Waals surface area contributed by atoms with E-state index < -0.39 is 0 Å². The van der Waals surface area contributed by atoms with Crippen molar-refractivity contribution in [1.29, 1.82) is 0 Å². The molecule has 0 radical (unpaired) electrons. The molecule has 0 aliphatic carbocycles. The van der Waals surface area contributed by atoms with Crippen molar-refractivity contribution < 1.29 is 4.74 Å². The zero-order valence-corrected chi connectivity index (χ0v) is 11.4. The summed E-state index contributed by atoms with van der Waals surface area (Å²) in [4.78, 5) is 4.88. The molecule has 0 spiro atoms. The molecule has 1 fully saturated rings. The number of rotatable bonds is 3. The van der Waals surface area contributed by atoms with Crippen molar-refractivity contribution in [2.24, 2.45) is 0 Å². The molecule has 3 rings (SSSR count). The second-order valence-electron chi connectivity index (χ2n) is 5.47. The van der Waals surface area contributed by atoms with Crippen LogP contribution in [0.3, 0.4) is 0 Å². The van der Waals surface area contributed by atoms with Gasteiger partial charge in [0.1, 0.15) is 0 Å². The molecule has 2 heterocycles. The highest BCUT2D eigenvalue weighted by Crippen LogP contribution is 2.30. The minimum Gasteiger partial charge on any atom is -0.380 e. The van der Waals surface area contributed by atoms with Gasteiger partial charge in [-0.05, 0) is 30.0 Å². The quantitative estimate of drug-likeness (QED) is 0.810. The third-order valence-corrected chi connectivity index (χ3v) is 4.31. The number of methoxy groups -OCH3 is 1. The Balaban J connectivity index is 1.74. The number of ether oxygens (including phenoxy) is 1. The number of fused-ring (bicyclic) bond motifs is 1. The summed E-state index contributed by atoms with van der Waals surface area (Å²) in [6.45, 7) is 4.48. The van der Waals surface area contributed by atoms with Crippen LogP contribution in [-0.4, -0.2) is 44.8 Å². The molecule has 2 aliphatic heterocycles. The maximum Gasteiger partial charge on any atom is 0.0710 e. The normalized spacial score (nSPS) is 23.7. The number of anilines is 1. The molecule has 0 unspecified atom stereocenters. The molecule has 1 atom stereocenters. The second-order valence-corrected chi connectivity index (χ2v) is 5.47. The average molecular weight is 246 g/mol. The van der Waals surface area contributed by atoms with Crippen molar-refractivity contribution in [1.82, 2.24) is 4.90 Å². The molecule has 18 heavy (non-hydrogen) atoms. The molecule has 1 aromatic rings. The van der Waals surface area contributed by atoms with E-state index in [-0.39, 0.29) is 0 Å². The summed E-state index contributed by atoms with van der Waals surface area (Å²) < 4.78 is 5.44. The first-order valence-electron chi connectivity index (χ1n) is 6.85. The Morgan fingerprint density at radius 1 is 1.33 bits per heavy atom. The SMILES string of the molecule is CO[C@@H]1CCN(Cc2cccc3c2CCN3C)C1. The minimum absolute atomic E-state index is 0.435. The van der Waals surface area contributed by atoms with Crippen LogP contribution in [0.25, 0.3) is 0 Å². The van der Waals surface area contributed by atoms with Crippen molar-refractivity contribution in [2.45, 2.75) is 25.5 Å². The van der Waals surface area contributed by atoms with E-state index in [0.29, 0.717) is 6.10 Å². The number of nitrogens with zero attached hydrogens (tertiary/aromatic N) is 2. The fourth-order valence-corrected chi connectivity index (χ4v) is 3.19. The average Bonchev–Trinajstić information content (AvgIpc) is 2.98. The maximum atomic E-state index is 5.44. The highest BCUT2D eigenvalue weighted by molar-refractivity contribution is 5.60. The van der Waals surface area contributed by atoms with Gasteiger partial charge in [-0.3, -0.25) is 4.90 Å². The largest absolute Gasteiger partial charge is 0.380 e. The van der Waals surface area contributed by atoms with Crippen LogP contribution in [0.4, 0.5) is 5.69 Å². The second kappa shape index (κ2) is 4.90. The van der Waals surface area contributed by atoms with Crippen molar-refractivity contribution >= 4 is 5.69 Å². The lowest BCUT2D eigenvalue weighted by Gasteiger charge is -2.18. The van der Waals surface area contributed by atoms with Gasteiger partial charge in [0, 0.05) is 46.0 Å². The summed E-state index contributed by atoms with van der Waals surface area (Å²) in [6, 6.07) is 6.73. The molecule has 0 amide bonds. The van der Waals surface area contributed by atoms with Gasteiger partial charge >= 0.3 is 0 Å². The van der Waals surface area contributed by atoms with Crippen LogP contribution in [0.15, 0.2) is 18.2 Å². The zero-order chi connectivity index (χ0) is 12.5. The Bertz CT molecular complexity index is 433. The molecular weight excluding hydrogens is 224 g/mol. The predicted molar refractivity (Wildman–Crippen MR) is 74.1 cm³/mol. The van der Waals surface area contributed by atoms with Crippen molar-refractivity contribution in [3.63, 3.8) is 0 Å². The third kappa shape index (κ3) is 2.13. The van der Waals surface area contributed by atoms with E-state index in [2.05, 4.69) is 35.0 Å². The van der Waals surface area contributed by atoms with E-state index in [1.165, 1.54) is 24.1 Å². The van der Waals surface area contributed by atoms with Crippen molar-refractivity contribution in [3.05, 3.63) is 29.3 Å². The fraction of sp³-hybridized carbons (Fsp3) is 0.600. The van der Waals surface area contributed by atoms with Crippen LogP contribution < -0.4 is 4.90 Å². The first kappa shape index (κ1) is 12.0. The van der Waals surface area contributed by atoms with Crippen LogP contribution in [0.5, 0.6) is 0 Å². The first-order chi connectivity index (χ1) is 8.78. The summed E-state index contributed by atoms with van der Waals surface area (Å²) in [5.74, 6) is 0. The molecule has 2 aliphatic rings. The van der Waals surface area contributed by atoms with Crippen LogP contribution in [-0.2, 0) is 17.7 Å². The Morgan fingerprint density at radius 2 is 2.22 bits per heavy atom. The molecule has 1 saturated heterocycles. The Labute approximate surface area is 109 Å². The molecule has 98 valence electrons. The molecule has 1 aromatic carbocycles. The van der Waals surface area contributed by atoms with Gasteiger partial charge in [-0.15, -0.1) is 0 Å². The Morgan fingerprint density at radius 3 is 3.00 bits per heavy atom. The Kier molecular flexibility index (Phi) is 3.27. The van der Waals surface area contributed by atoms with Gasteiger partial charge in [-0.1, -0.05) is 12.1 Å². The molecule has 0 bridgehead atoms. The first-order valence-corrected chi connectivity index (χ1v) is 6.85. The number of hydrogen-bond donors (Lipinski definition) is 0. The third-order valence-electron chi connectivity index (χ3n) is 4.31. The van der Waals surface area contributed by atoms with E-state index in [0.717, 1.165) is 26.2 Å². The van der Waals surface area contributed by atoms with Crippen molar-refractivity contribution in [2.75, 3.05) is 38.7 Å². The van der Waals surface area contributed by atoms with E-state index in [4.69, 9.17) is 4.74 Å². The van der Waals surface area contributed by atoms with Gasteiger partial charge in [0.2, 0.25) is 0 Å². The summed E-state index contributed by atoms with van der Waals surface area (Å²) in [7, 11) is 4.01. The molecule has 0 saturated carbocycles. The number of benzene rings is 1. The smallest absolute Gasteiger partial charge is 0.0710 e. The number of hydrogen-bond acceptors (Lipinski definition) is 3. The molecule has 0 N–H and O–H groups in total.